The number of hydrogen-bond donors (Lipinski definition) is 1. The quantitative estimate of drug-likeness (QED) is 0.697. The molecule has 0 aliphatic carbocycles. The molecule has 2 aromatic rings. The number of benzene rings is 1. The number of ketones is 1. The Morgan fingerprint density at radius 2 is 1.87 bits per heavy atom. The van der Waals surface area contributed by atoms with Crippen LogP contribution in [-0.4, -0.2) is 21.5 Å². The highest BCUT2D eigenvalue weighted by molar-refractivity contribution is 6.47. The summed E-state index contributed by atoms with van der Waals surface area (Å²) >= 11 is 0. The third kappa shape index (κ3) is 3.41. The summed E-state index contributed by atoms with van der Waals surface area (Å²) in [6, 6.07) is 4.09. The van der Waals surface area contributed by atoms with Crippen molar-refractivity contribution >= 4 is 17.4 Å². The van der Waals surface area contributed by atoms with Gasteiger partial charge >= 0.3 is 6.18 Å². The summed E-state index contributed by atoms with van der Waals surface area (Å²) in [6.07, 6.45) is -4.53. The summed E-state index contributed by atoms with van der Waals surface area (Å²) in [5.74, 6) is -1.85. The van der Waals surface area contributed by atoms with Crippen molar-refractivity contribution in [2.24, 2.45) is 7.05 Å². The highest BCUT2D eigenvalue weighted by Crippen LogP contribution is 2.30. The lowest BCUT2D eigenvalue weighted by molar-refractivity contribution is -0.137. The van der Waals surface area contributed by atoms with Crippen LogP contribution in [0, 0.1) is 13.8 Å². The number of hydrogen-bond acceptors (Lipinski definition) is 3. The second-order valence-electron chi connectivity index (χ2n) is 5.03. The first-order valence-corrected chi connectivity index (χ1v) is 6.64. The summed E-state index contributed by atoms with van der Waals surface area (Å²) in [6.45, 7) is 3.21. The third-order valence-corrected chi connectivity index (χ3v) is 3.39. The van der Waals surface area contributed by atoms with Crippen LogP contribution in [0.5, 0.6) is 0 Å². The molecule has 0 bridgehead atoms. The molecule has 5 nitrogen and oxygen atoms in total. The van der Waals surface area contributed by atoms with Gasteiger partial charge in [-0.05, 0) is 32.0 Å². The molecule has 2 rings (SSSR count). The van der Waals surface area contributed by atoms with Crippen LogP contribution in [0.2, 0.25) is 0 Å². The van der Waals surface area contributed by atoms with Gasteiger partial charge in [0.1, 0.15) is 0 Å². The van der Waals surface area contributed by atoms with E-state index < -0.39 is 23.4 Å². The van der Waals surface area contributed by atoms with E-state index in [0.717, 1.165) is 18.2 Å². The Morgan fingerprint density at radius 3 is 2.39 bits per heavy atom. The van der Waals surface area contributed by atoms with E-state index in [0.29, 0.717) is 11.4 Å². The Bertz CT molecular complexity index is 779. The molecule has 0 saturated carbocycles. The topological polar surface area (TPSA) is 64.0 Å². The van der Waals surface area contributed by atoms with Crippen molar-refractivity contribution in [1.82, 2.24) is 9.78 Å². The maximum Gasteiger partial charge on any atom is 0.416 e. The molecule has 0 radical (unpaired) electrons. The predicted molar refractivity (Wildman–Crippen MR) is 77.1 cm³/mol. The first-order chi connectivity index (χ1) is 10.6. The molecular formula is C15H14F3N3O2. The largest absolute Gasteiger partial charge is 0.416 e. The highest BCUT2D eigenvalue weighted by Gasteiger charge is 2.31. The van der Waals surface area contributed by atoms with Gasteiger partial charge in [-0.25, -0.2) is 0 Å². The molecule has 1 heterocycles. The average Bonchev–Trinajstić information content (AvgIpc) is 2.70. The van der Waals surface area contributed by atoms with Crippen LogP contribution in [-0.2, 0) is 18.0 Å². The van der Waals surface area contributed by atoms with E-state index in [1.54, 1.807) is 20.9 Å². The van der Waals surface area contributed by atoms with Crippen molar-refractivity contribution in [3.63, 3.8) is 0 Å². The van der Waals surface area contributed by atoms with Crippen molar-refractivity contribution in [3.8, 4) is 0 Å². The molecule has 0 unspecified atom stereocenters. The van der Waals surface area contributed by atoms with E-state index in [1.807, 2.05) is 0 Å². The Kier molecular flexibility index (Phi) is 4.26. The number of alkyl halides is 3. The van der Waals surface area contributed by atoms with Crippen LogP contribution in [0.25, 0.3) is 0 Å². The Hall–Kier alpha value is -2.64. The molecule has 1 aromatic carbocycles. The number of carbonyl (C=O) groups is 2. The van der Waals surface area contributed by atoms with Crippen molar-refractivity contribution in [3.05, 3.63) is 46.8 Å². The molecule has 0 saturated heterocycles. The minimum Gasteiger partial charge on any atom is -0.319 e. The monoisotopic (exact) mass is 325 g/mol. The van der Waals surface area contributed by atoms with Gasteiger partial charge in [0.25, 0.3) is 11.7 Å². The van der Waals surface area contributed by atoms with Gasteiger partial charge in [0.05, 0.1) is 16.8 Å². The lowest BCUT2D eigenvalue weighted by atomic mass is 10.1. The van der Waals surface area contributed by atoms with Gasteiger partial charge < -0.3 is 5.32 Å². The van der Waals surface area contributed by atoms with Crippen LogP contribution in [0.15, 0.2) is 24.3 Å². The third-order valence-electron chi connectivity index (χ3n) is 3.39. The van der Waals surface area contributed by atoms with E-state index in [4.69, 9.17) is 0 Å². The van der Waals surface area contributed by atoms with Crippen LogP contribution >= 0.6 is 0 Å². The summed E-state index contributed by atoms with van der Waals surface area (Å²) < 4.78 is 39.4. The van der Waals surface area contributed by atoms with Crippen LogP contribution in [0.4, 0.5) is 18.9 Å². The summed E-state index contributed by atoms with van der Waals surface area (Å²) in [7, 11) is 1.63. The number of aryl methyl sites for hydroxylation is 2. The second kappa shape index (κ2) is 5.86. The smallest absolute Gasteiger partial charge is 0.319 e. The lowest BCUT2D eigenvalue weighted by Crippen LogP contribution is -2.24. The first-order valence-electron chi connectivity index (χ1n) is 6.64. The molecule has 23 heavy (non-hydrogen) atoms. The molecule has 0 atom stereocenters. The number of rotatable bonds is 3. The molecular weight excluding hydrogens is 311 g/mol. The zero-order chi connectivity index (χ0) is 17.4. The number of carbonyl (C=O) groups excluding carboxylic acids is 2. The van der Waals surface area contributed by atoms with Gasteiger partial charge in [0, 0.05) is 18.4 Å². The van der Waals surface area contributed by atoms with Crippen molar-refractivity contribution in [2.75, 3.05) is 5.32 Å². The molecule has 0 fully saturated rings. The minimum absolute atomic E-state index is 0.0997. The molecule has 1 N–H and O–H groups in total. The molecule has 0 spiro atoms. The normalized spacial score (nSPS) is 11.4. The van der Waals surface area contributed by atoms with E-state index in [-0.39, 0.29) is 11.3 Å². The number of aromatic nitrogens is 2. The Balaban J connectivity index is 2.24. The molecule has 122 valence electrons. The van der Waals surface area contributed by atoms with Crippen LogP contribution < -0.4 is 5.32 Å². The fourth-order valence-corrected chi connectivity index (χ4v) is 2.18. The number of amides is 1. The van der Waals surface area contributed by atoms with Gasteiger partial charge in [-0.15, -0.1) is 0 Å². The van der Waals surface area contributed by atoms with Crippen LogP contribution in [0.3, 0.4) is 0 Å². The number of anilines is 1. The fraction of sp³-hybridized carbons (Fsp3) is 0.267. The lowest BCUT2D eigenvalue weighted by Gasteiger charge is -2.09. The van der Waals surface area contributed by atoms with Gasteiger partial charge in [-0.2, -0.15) is 18.3 Å². The molecule has 1 aromatic heterocycles. The highest BCUT2D eigenvalue weighted by atomic mass is 19.4. The maximum atomic E-state index is 12.6. The Morgan fingerprint density at radius 1 is 1.22 bits per heavy atom. The van der Waals surface area contributed by atoms with E-state index in [9.17, 15) is 22.8 Å². The number of halogens is 3. The molecule has 0 aliphatic rings. The maximum absolute atomic E-state index is 12.6. The van der Waals surface area contributed by atoms with Crippen LogP contribution in [0.1, 0.15) is 27.3 Å². The van der Waals surface area contributed by atoms with E-state index in [1.165, 1.54) is 10.7 Å². The predicted octanol–water partition coefficient (Wildman–Crippen LogP) is 2.88. The number of nitrogens with zero attached hydrogens (tertiary/aromatic N) is 2. The zero-order valence-electron chi connectivity index (χ0n) is 12.7. The average molecular weight is 325 g/mol. The molecule has 1 amide bonds. The van der Waals surface area contributed by atoms with Gasteiger partial charge in [0.2, 0.25) is 0 Å². The number of nitrogens with one attached hydrogen (secondary N) is 1. The van der Waals surface area contributed by atoms with Crippen molar-refractivity contribution < 1.29 is 22.8 Å². The zero-order valence-corrected chi connectivity index (χ0v) is 12.7. The molecule has 0 aliphatic heterocycles. The Labute approximate surface area is 130 Å². The van der Waals surface area contributed by atoms with E-state index >= 15 is 0 Å². The van der Waals surface area contributed by atoms with Gasteiger partial charge in [-0.3, -0.25) is 14.3 Å². The SMILES string of the molecule is Cc1nn(C)c(C)c1C(=O)C(=O)Nc1cccc(C(F)(F)F)c1. The standard InChI is InChI=1S/C15H14F3N3O2/c1-8-12(9(2)21(3)20-8)13(22)14(23)19-11-6-4-5-10(7-11)15(16,17)18/h4-7H,1-3H3,(H,19,23). The number of Topliss-reactive ketones (excluding diaryl/α,β-unsaturated/α-hetero) is 1. The molecule has 8 heteroatoms. The van der Waals surface area contributed by atoms with E-state index in [2.05, 4.69) is 10.4 Å². The fourth-order valence-electron chi connectivity index (χ4n) is 2.18. The summed E-state index contributed by atoms with van der Waals surface area (Å²) in [4.78, 5) is 24.2. The first kappa shape index (κ1) is 16.7. The minimum atomic E-state index is -4.53. The summed E-state index contributed by atoms with van der Waals surface area (Å²) in [5, 5.41) is 6.23. The van der Waals surface area contributed by atoms with Gasteiger partial charge in [-0.1, -0.05) is 6.07 Å². The second-order valence-corrected chi connectivity index (χ2v) is 5.03. The van der Waals surface area contributed by atoms with Gasteiger partial charge in [0.15, 0.2) is 0 Å². The van der Waals surface area contributed by atoms with Crippen molar-refractivity contribution in [2.45, 2.75) is 20.0 Å². The van der Waals surface area contributed by atoms with Crippen molar-refractivity contribution in [1.29, 1.82) is 0 Å². The summed E-state index contributed by atoms with van der Waals surface area (Å²) in [5.41, 5.74) is 0.0340.